The van der Waals surface area contributed by atoms with Crippen LogP contribution in [0.25, 0.3) is 5.57 Å². The van der Waals surface area contributed by atoms with Crippen LogP contribution in [0.15, 0.2) is 36.3 Å². The molecule has 0 radical (unpaired) electrons. The van der Waals surface area contributed by atoms with Crippen molar-refractivity contribution in [1.82, 2.24) is 4.98 Å². The Bertz CT molecular complexity index is 383. The molecule has 3 nitrogen and oxygen atoms in total. The summed E-state index contributed by atoms with van der Waals surface area (Å²) in [6, 6.07) is 1.99. The zero-order chi connectivity index (χ0) is 10.2. The van der Waals surface area contributed by atoms with Crippen molar-refractivity contribution in [2.75, 3.05) is 0 Å². The van der Waals surface area contributed by atoms with Gasteiger partial charge >= 0.3 is 0 Å². The fourth-order valence-corrected chi connectivity index (χ4v) is 1.65. The van der Waals surface area contributed by atoms with Crippen LogP contribution in [0.2, 0.25) is 0 Å². The molecule has 1 aliphatic carbocycles. The van der Waals surface area contributed by atoms with Gasteiger partial charge in [0.05, 0.1) is 0 Å². The predicted molar refractivity (Wildman–Crippen MR) is 58.2 cm³/mol. The number of nitrogens with two attached hydrogens (primary N) is 2. The Morgan fingerprint density at radius 1 is 1.50 bits per heavy atom. The zero-order valence-corrected chi connectivity index (χ0v) is 8.25. The lowest BCUT2D eigenvalue weighted by atomic mass is 9.87. The third kappa shape index (κ3) is 1.59. The van der Waals surface area contributed by atoms with E-state index in [1.165, 1.54) is 0 Å². The van der Waals surface area contributed by atoms with Crippen LogP contribution < -0.4 is 11.5 Å². The lowest BCUT2D eigenvalue weighted by Crippen LogP contribution is -2.35. The third-order valence-electron chi connectivity index (χ3n) is 2.46. The molecule has 0 bridgehead atoms. The van der Waals surface area contributed by atoms with Gasteiger partial charge in [-0.15, -0.1) is 0 Å². The molecule has 0 aromatic carbocycles. The molecule has 5 N–H and O–H groups in total. The molecule has 1 aromatic heterocycles. The number of aromatic amines is 1. The van der Waals surface area contributed by atoms with E-state index in [9.17, 15) is 0 Å². The molecule has 1 atom stereocenters. The third-order valence-corrected chi connectivity index (χ3v) is 2.46. The van der Waals surface area contributed by atoms with E-state index >= 15 is 0 Å². The van der Waals surface area contributed by atoms with Crippen LogP contribution in [0.1, 0.15) is 18.9 Å². The molecule has 1 aliphatic rings. The first-order valence-corrected chi connectivity index (χ1v) is 4.69. The summed E-state index contributed by atoms with van der Waals surface area (Å²) >= 11 is 0. The molecular formula is C11H15N3. The molecule has 74 valence electrons. The van der Waals surface area contributed by atoms with Gasteiger partial charge in [0.15, 0.2) is 0 Å². The summed E-state index contributed by atoms with van der Waals surface area (Å²) in [7, 11) is 0. The summed E-state index contributed by atoms with van der Waals surface area (Å²) in [6.45, 7) is 2.00. The number of rotatable bonds is 1. The maximum absolute atomic E-state index is 6.05. The van der Waals surface area contributed by atoms with Crippen molar-refractivity contribution in [2.24, 2.45) is 11.5 Å². The van der Waals surface area contributed by atoms with Crippen LogP contribution in [-0.4, -0.2) is 10.5 Å². The minimum atomic E-state index is -0.282. The van der Waals surface area contributed by atoms with Crippen LogP contribution in [0.3, 0.4) is 0 Å². The minimum absolute atomic E-state index is 0.282. The Morgan fingerprint density at radius 3 is 2.93 bits per heavy atom. The molecule has 1 aromatic rings. The van der Waals surface area contributed by atoms with E-state index in [0.29, 0.717) is 0 Å². The lowest BCUT2D eigenvalue weighted by Gasteiger charge is -2.25. The SMILES string of the molecule is CC1(N)C=C(c2cc[nH]c2)C(N)=CC1. The van der Waals surface area contributed by atoms with E-state index < -0.39 is 0 Å². The van der Waals surface area contributed by atoms with Gasteiger partial charge in [-0.1, -0.05) is 12.2 Å². The highest BCUT2D eigenvalue weighted by Gasteiger charge is 2.21. The maximum Gasteiger partial charge on any atom is 0.0355 e. The highest BCUT2D eigenvalue weighted by atomic mass is 14.7. The first-order chi connectivity index (χ1) is 6.58. The summed E-state index contributed by atoms with van der Waals surface area (Å²) in [5, 5.41) is 0. The van der Waals surface area contributed by atoms with Gasteiger partial charge in [0.2, 0.25) is 0 Å². The Labute approximate surface area is 83.5 Å². The summed E-state index contributed by atoms with van der Waals surface area (Å²) in [6.07, 6.45) is 8.63. The highest BCUT2D eigenvalue weighted by molar-refractivity contribution is 5.79. The normalized spacial score (nSPS) is 27.0. The quantitative estimate of drug-likeness (QED) is 0.624. The van der Waals surface area contributed by atoms with Crippen molar-refractivity contribution in [1.29, 1.82) is 0 Å². The van der Waals surface area contributed by atoms with Crippen LogP contribution >= 0.6 is 0 Å². The molecule has 2 rings (SSSR count). The molecule has 0 saturated heterocycles. The van der Waals surface area contributed by atoms with Crippen LogP contribution in [0.5, 0.6) is 0 Å². The van der Waals surface area contributed by atoms with Crippen molar-refractivity contribution < 1.29 is 0 Å². The standard InChI is InChI=1S/C11H15N3/c1-11(13)4-2-10(12)9(6-11)8-3-5-14-7-8/h2-3,5-7,14H,4,12-13H2,1H3. The minimum Gasteiger partial charge on any atom is -0.398 e. The molecule has 3 heteroatoms. The fraction of sp³-hybridized carbons (Fsp3) is 0.273. The van der Waals surface area contributed by atoms with E-state index in [1.54, 1.807) is 0 Å². The molecule has 1 heterocycles. The van der Waals surface area contributed by atoms with Gasteiger partial charge in [-0.25, -0.2) is 0 Å². The second-order valence-electron chi connectivity index (χ2n) is 4.03. The van der Waals surface area contributed by atoms with E-state index in [2.05, 4.69) is 4.98 Å². The monoisotopic (exact) mass is 189 g/mol. The molecule has 0 spiro atoms. The molecule has 0 aliphatic heterocycles. The summed E-state index contributed by atoms with van der Waals surface area (Å²) in [5.74, 6) is 0. The van der Waals surface area contributed by atoms with Gasteiger partial charge < -0.3 is 16.5 Å². The number of hydrogen-bond donors (Lipinski definition) is 3. The van der Waals surface area contributed by atoms with Crippen LogP contribution in [0, 0.1) is 0 Å². The Kier molecular flexibility index (Phi) is 1.97. The first kappa shape index (κ1) is 9.09. The Morgan fingerprint density at radius 2 is 2.29 bits per heavy atom. The number of aromatic nitrogens is 1. The summed E-state index contributed by atoms with van der Waals surface area (Å²) < 4.78 is 0. The fourth-order valence-electron chi connectivity index (χ4n) is 1.65. The lowest BCUT2D eigenvalue weighted by molar-refractivity contribution is 0.588. The molecule has 14 heavy (non-hydrogen) atoms. The van der Waals surface area contributed by atoms with Crippen molar-refractivity contribution in [2.45, 2.75) is 18.9 Å². The summed E-state index contributed by atoms with van der Waals surface area (Å²) in [5.41, 5.74) is 14.6. The van der Waals surface area contributed by atoms with E-state index in [4.69, 9.17) is 11.5 Å². The number of H-pyrrole nitrogens is 1. The van der Waals surface area contributed by atoms with E-state index in [-0.39, 0.29) is 5.54 Å². The Balaban J connectivity index is 2.42. The van der Waals surface area contributed by atoms with Gasteiger partial charge in [-0.2, -0.15) is 0 Å². The summed E-state index contributed by atoms with van der Waals surface area (Å²) in [4.78, 5) is 3.01. The maximum atomic E-state index is 6.05. The van der Waals surface area contributed by atoms with Crippen LogP contribution in [0.4, 0.5) is 0 Å². The largest absolute Gasteiger partial charge is 0.398 e. The zero-order valence-electron chi connectivity index (χ0n) is 8.25. The molecule has 0 saturated carbocycles. The molecular weight excluding hydrogens is 174 g/mol. The molecule has 0 fully saturated rings. The van der Waals surface area contributed by atoms with Crippen molar-refractivity contribution in [3.8, 4) is 0 Å². The van der Waals surface area contributed by atoms with E-state index in [1.807, 2.05) is 37.5 Å². The topological polar surface area (TPSA) is 67.8 Å². The number of hydrogen-bond acceptors (Lipinski definition) is 2. The van der Waals surface area contributed by atoms with Crippen molar-refractivity contribution in [3.63, 3.8) is 0 Å². The average Bonchev–Trinajstić information content (AvgIpc) is 2.62. The van der Waals surface area contributed by atoms with E-state index in [0.717, 1.165) is 23.3 Å². The Hall–Kier alpha value is -1.48. The van der Waals surface area contributed by atoms with Gasteiger partial charge in [-0.05, 0) is 19.4 Å². The number of nitrogens with one attached hydrogen (secondary N) is 1. The average molecular weight is 189 g/mol. The van der Waals surface area contributed by atoms with Gasteiger partial charge in [0, 0.05) is 34.8 Å². The first-order valence-electron chi connectivity index (χ1n) is 4.69. The predicted octanol–water partition coefficient (Wildman–Crippen LogP) is 1.36. The second-order valence-corrected chi connectivity index (χ2v) is 4.03. The van der Waals surface area contributed by atoms with Gasteiger partial charge in [0.25, 0.3) is 0 Å². The highest BCUT2D eigenvalue weighted by Crippen LogP contribution is 2.28. The van der Waals surface area contributed by atoms with Crippen molar-refractivity contribution >= 4 is 5.57 Å². The van der Waals surface area contributed by atoms with Gasteiger partial charge in [0.1, 0.15) is 0 Å². The van der Waals surface area contributed by atoms with Crippen LogP contribution in [-0.2, 0) is 0 Å². The second kappa shape index (κ2) is 3.03. The molecule has 0 amide bonds. The van der Waals surface area contributed by atoms with Crippen molar-refractivity contribution in [3.05, 3.63) is 41.9 Å². The molecule has 1 unspecified atom stereocenters. The number of allylic oxidation sites excluding steroid dienone is 1. The van der Waals surface area contributed by atoms with Gasteiger partial charge in [-0.3, -0.25) is 0 Å². The smallest absolute Gasteiger partial charge is 0.0355 e.